The first-order valence-corrected chi connectivity index (χ1v) is 24.4. The largest absolute Gasteiger partial charge is 0.466 e. The molecular formula is C49H86N2O8. The van der Waals surface area contributed by atoms with Crippen LogP contribution in [0, 0.1) is 10.1 Å². The summed E-state index contributed by atoms with van der Waals surface area (Å²) in [6.07, 6.45) is 34.7. The molecule has 1 rings (SSSR count). The van der Waals surface area contributed by atoms with Crippen molar-refractivity contribution < 1.29 is 33.5 Å². The van der Waals surface area contributed by atoms with Crippen LogP contribution in [-0.2, 0) is 19.1 Å². The van der Waals surface area contributed by atoms with Crippen molar-refractivity contribution in [3.8, 4) is 5.75 Å². The van der Waals surface area contributed by atoms with Gasteiger partial charge in [-0.3, -0.25) is 19.7 Å². The van der Waals surface area contributed by atoms with Crippen LogP contribution < -0.4 is 4.74 Å². The fraction of sp³-hybridized carbons (Fsp3) is 0.816. The highest BCUT2D eigenvalue weighted by Crippen LogP contribution is 2.21. The van der Waals surface area contributed by atoms with Crippen molar-refractivity contribution in [2.75, 3.05) is 19.7 Å². The number of esters is 2. The van der Waals surface area contributed by atoms with E-state index in [9.17, 15) is 24.5 Å². The summed E-state index contributed by atoms with van der Waals surface area (Å²) >= 11 is 0. The molecule has 0 radical (unpaired) electrons. The van der Waals surface area contributed by atoms with Crippen molar-refractivity contribution in [3.63, 3.8) is 0 Å². The first-order chi connectivity index (χ1) is 28.8. The predicted molar refractivity (Wildman–Crippen MR) is 241 cm³/mol. The van der Waals surface area contributed by atoms with Gasteiger partial charge in [0.15, 0.2) is 0 Å². The van der Waals surface area contributed by atoms with Gasteiger partial charge in [0, 0.05) is 38.1 Å². The van der Waals surface area contributed by atoms with E-state index in [1.54, 1.807) is 4.90 Å². The van der Waals surface area contributed by atoms with Gasteiger partial charge in [0.1, 0.15) is 11.9 Å². The summed E-state index contributed by atoms with van der Waals surface area (Å²) in [5.41, 5.74) is -0.0579. The van der Waals surface area contributed by atoms with Crippen LogP contribution >= 0.6 is 0 Å². The third kappa shape index (κ3) is 32.3. The maximum absolute atomic E-state index is 13.2. The van der Waals surface area contributed by atoms with Crippen molar-refractivity contribution in [3.05, 3.63) is 34.4 Å². The Morgan fingerprint density at radius 1 is 0.542 bits per heavy atom. The van der Waals surface area contributed by atoms with Gasteiger partial charge < -0.3 is 19.1 Å². The molecule has 0 saturated carbocycles. The number of benzene rings is 1. The van der Waals surface area contributed by atoms with Crippen LogP contribution in [0.2, 0.25) is 0 Å². The zero-order valence-corrected chi connectivity index (χ0v) is 38.0. The zero-order chi connectivity index (χ0) is 43.0. The van der Waals surface area contributed by atoms with Crippen LogP contribution in [0.3, 0.4) is 0 Å². The summed E-state index contributed by atoms with van der Waals surface area (Å²) in [5.74, 6) is 0.103. The molecule has 0 heterocycles. The molecule has 1 aromatic carbocycles. The number of amides is 1. The average molecular weight is 831 g/mol. The highest BCUT2D eigenvalue weighted by Gasteiger charge is 2.17. The van der Waals surface area contributed by atoms with Gasteiger partial charge in [0.2, 0.25) is 0 Å². The molecule has 10 heteroatoms. The monoisotopic (exact) mass is 831 g/mol. The number of hydrogen-bond donors (Lipinski definition) is 0. The van der Waals surface area contributed by atoms with Crippen LogP contribution in [0.4, 0.5) is 10.5 Å². The zero-order valence-electron chi connectivity index (χ0n) is 38.0. The second kappa shape index (κ2) is 39.0. The molecule has 0 saturated heterocycles. The molecule has 0 unspecified atom stereocenters. The van der Waals surface area contributed by atoms with Crippen LogP contribution in [0.15, 0.2) is 24.3 Å². The molecule has 1 aromatic rings. The summed E-state index contributed by atoms with van der Waals surface area (Å²) in [5, 5.41) is 11.1. The first-order valence-electron chi connectivity index (χ1n) is 24.4. The van der Waals surface area contributed by atoms with Crippen LogP contribution in [-0.4, -0.2) is 53.7 Å². The predicted octanol–water partition coefficient (Wildman–Crippen LogP) is 14.8. The molecule has 0 aromatic heterocycles. The number of hydrogen-bond acceptors (Lipinski definition) is 8. The van der Waals surface area contributed by atoms with Gasteiger partial charge in [-0.1, -0.05) is 162 Å². The molecule has 10 nitrogen and oxygen atoms in total. The Labute approximate surface area is 359 Å². The fourth-order valence-corrected chi connectivity index (χ4v) is 7.43. The molecule has 0 aliphatic heterocycles. The lowest BCUT2D eigenvalue weighted by atomic mass is 10.0. The second-order valence-corrected chi connectivity index (χ2v) is 16.7. The third-order valence-electron chi connectivity index (χ3n) is 11.2. The van der Waals surface area contributed by atoms with Crippen molar-refractivity contribution in [1.29, 1.82) is 0 Å². The van der Waals surface area contributed by atoms with Crippen LogP contribution in [0.25, 0.3) is 0 Å². The fourth-order valence-electron chi connectivity index (χ4n) is 7.43. The molecule has 340 valence electrons. The van der Waals surface area contributed by atoms with Gasteiger partial charge in [0.05, 0.1) is 11.5 Å². The van der Waals surface area contributed by atoms with Crippen LogP contribution in [0.5, 0.6) is 5.75 Å². The molecule has 0 fully saturated rings. The lowest BCUT2D eigenvalue weighted by Gasteiger charge is -2.22. The molecule has 0 aliphatic rings. The Bertz CT molecular complexity index is 1160. The number of rotatable bonds is 41. The van der Waals surface area contributed by atoms with Crippen molar-refractivity contribution in [1.82, 2.24) is 4.90 Å². The average Bonchev–Trinajstić information content (AvgIpc) is 3.22. The molecule has 0 N–H and O–H groups in total. The van der Waals surface area contributed by atoms with E-state index in [-0.39, 0.29) is 29.5 Å². The van der Waals surface area contributed by atoms with E-state index in [0.29, 0.717) is 32.5 Å². The number of nitro groups is 1. The van der Waals surface area contributed by atoms with Gasteiger partial charge >= 0.3 is 18.0 Å². The van der Waals surface area contributed by atoms with E-state index in [1.807, 2.05) is 0 Å². The van der Waals surface area contributed by atoms with E-state index in [2.05, 4.69) is 20.8 Å². The number of unbranched alkanes of at least 4 members (excludes halogenated alkanes) is 24. The summed E-state index contributed by atoms with van der Waals surface area (Å²) < 4.78 is 17.0. The van der Waals surface area contributed by atoms with Crippen LogP contribution in [0.1, 0.15) is 233 Å². The molecule has 59 heavy (non-hydrogen) atoms. The third-order valence-corrected chi connectivity index (χ3v) is 11.2. The van der Waals surface area contributed by atoms with Gasteiger partial charge in [0.25, 0.3) is 5.69 Å². The Kier molecular flexibility index (Phi) is 35.6. The number of nitro benzene ring substituents is 1. The minimum absolute atomic E-state index is 0.0461. The second-order valence-electron chi connectivity index (χ2n) is 16.7. The Hall–Kier alpha value is -3.17. The van der Waals surface area contributed by atoms with E-state index in [0.717, 1.165) is 103 Å². The van der Waals surface area contributed by atoms with Gasteiger partial charge in [-0.05, 0) is 69.9 Å². The lowest BCUT2D eigenvalue weighted by molar-refractivity contribution is -0.384. The SMILES string of the molecule is CCCCCCCCCOC(=O)CCCCCCCN(CCCCCCCC(=O)OC(CCCCCCCC)CCCCCCCC)C(=O)Oc1ccc([N+](=O)[O-])cc1. The van der Waals surface area contributed by atoms with E-state index in [1.165, 1.54) is 121 Å². The minimum Gasteiger partial charge on any atom is -0.466 e. The maximum Gasteiger partial charge on any atom is 0.415 e. The molecule has 0 spiro atoms. The number of ether oxygens (including phenoxy) is 3. The molecular weight excluding hydrogens is 745 g/mol. The molecule has 0 atom stereocenters. The summed E-state index contributed by atoms with van der Waals surface area (Å²) in [6, 6.07) is 5.56. The van der Waals surface area contributed by atoms with Crippen molar-refractivity contribution in [2.45, 2.75) is 239 Å². The smallest absolute Gasteiger partial charge is 0.415 e. The molecule has 0 aliphatic carbocycles. The van der Waals surface area contributed by atoms with E-state index >= 15 is 0 Å². The number of carbonyl (C=O) groups is 3. The van der Waals surface area contributed by atoms with Crippen molar-refractivity contribution in [2.24, 2.45) is 0 Å². The Morgan fingerprint density at radius 2 is 0.949 bits per heavy atom. The standard InChI is InChI=1S/C49H86N2O8/c1-4-7-10-13-16-25-32-43-57-47(52)35-28-21-17-23-30-41-50(49(54)59-46-39-37-44(38-40-46)51(55)56)42-31-24-18-22-29-36-48(53)58-45(33-26-19-14-11-8-5-2)34-27-20-15-12-9-6-3/h37-40,45H,4-36,41-43H2,1-3H3. The lowest BCUT2D eigenvalue weighted by Crippen LogP contribution is -2.35. The topological polar surface area (TPSA) is 125 Å². The molecule has 1 amide bonds. The summed E-state index contributed by atoms with van der Waals surface area (Å²) in [6.45, 7) is 8.32. The summed E-state index contributed by atoms with van der Waals surface area (Å²) in [4.78, 5) is 50.5. The Morgan fingerprint density at radius 3 is 1.42 bits per heavy atom. The van der Waals surface area contributed by atoms with Gasteiger partial charge in [-0.2, -0.15) is 0 Å². The first kappa shape index (κ1) is 53.8. The van der Waals surface area contributed by atoms with E-state index in [4.69, 9.17) is 14.2 Å². The highest BCUT2D eigenvalue weighted by molar-refractivity contribution is 5.71. The molecule has 0 bridgehead atoms. The highest BCUT2D eigenvalue weighted by atomic mass is 16.6. The maximum atomic E-state index is 13.2. The summed E-state index contributed by atoms with van der Waals surface area (Å²) in [7, 11) is 0. The van der Waals surface area contributed by atoms with Gasteiger partial charge in [-0.15, -0.1) is 0 Å². The van der Waals surface area contributed by atoms with E-state index < -0.39 is 11.0 Å². The normalized spacial score (nSPS) is 11.2. The van der Waals surface area contributed by atoms with Crippen molar-refractivity contribution >= 4 is 23.7 Å². The minimum atomic E-state index is -0.480. The number of non-ortho nitro benzene ring substituents is 1. The Balaban J connectivity index is 2.43. The number of carbonyl (C=O) groups excluding carboxylic acids is 3. The van der Waals surface area contributed by atoms with Gasteiger partial charge in [-0.25, -0.2) is 4.79 Å². The number of nitrogens with zero attached hydrogens (tertiary/aromatic N) is 2. The quantitative estimate of drug-likeness (QED) is 0.0276.